The van der Waals surface area contributed by atoms with E-state index in [1.54, 1.807) is 6.07 Å². The number of carbonyl (C=O) groups is 1. The van der Waals surface area contributed by atoms with Gasteiger partial charge in [0.15, 0.2) is 0 Å². The standard InChI is InChI=1S/C22H23NO3/c1-14(2)17-7-4-16(5-8-17)6-11-21(24)23-18-9-10-19-15(3)12-22(25)26-20(19)13-18/h4-5,7-10,12-14H,6,11H2,1-3H3,(H,23,24). The Morgan fingerprint density at radius 3 is 2.50 bits per heavy atom. The molecule has 0 aliphatic heterocycles. The van der Waals surface area contributed by atoms with E-state index < -0.39 is 0 Å². The average molecular weight is 349 g/mol. The van der Waals surface area contributed by atoms with Crippen LogP contribution in [0.25, 0.3) is 11.0 Å². The van der Waals surface area contributed by atoms with Gasteiger partial charge >= 0.3 is 5.63 Å². The summed E-state index contributed by atoms with van der Waals surface area (Å²) in [5.74, 6) is 0.441. The number of hydrogen-bond donors (Lipinski definition) is 1. The summed E-state index contributed by atoms with van der Waals surface area (Å²) in [6.07, 6.45) is 1.09. The van der Waals surface area contributed by atoms with Crippen molar-refractivity contribution in [2.24, 2.45) is 0 Å². The van der Waals surface area contributed by atoms with Crippen molar-refractivity contribution in [3.63, 3.8) is 0 Å². The quantitative estimate of drug-likeness (QED) is 0.673. The van der Waals surface area contributed by atoms with Gasteiger partial charge in [-0.1, -0.05) is 38.1 Å². The second kappa shape index (κ2) is 7.56. The SMILES string of the molecule is Cc1cc(=O)oc2cc(NC(=O)CCc3ccc(C(C)C)cc3)ccc12. The Labute approximate surface area is 152 Å². The zero-order chi connectivity index (χ0) is 18.7. The third-order valence-electron chi connectivity index (χ3n) is 4.52. The molecule has 26 heavy (non-hydrogen) atoms. The smallest absolute Gasteiger partial charge is 0.336 e. The molecular formula is C22H23NO3. The molecule has 0 spiro atoms. The minimum absolute atomic E-state index is 0.0627. The van der Waals surface area contributed by atoms with Crippen molar-refractivity contribution in [3.05, 3.63) is 75.6 Å². The van der Waals surface area contributed by atoms with Gasteiger partial charge < -0.3 is 9.73 Å². The lowest BCUT2D eigenvalue weighted by Crippen LogP contribution is -2.12. The van der Waals surface area contributed by atoms with E-state index in [1.165, 1.54) is 11.6 Å². The molecule has 0 radical (unpaired) electrons. The Hall–Kier alpha value is -2.88. The molecule has 0 fully saturated rings. The lowest BCUT2D eigenvalue weighted by Gasteiger charge is -2.08. The molecule has 0 bridgehead atoms. The van der Waals surface area contributed by atoms with E-state index in [9.17, 15) is 9.59 Å². The molecule has 0 aliphatic rings. The second-order valence-corrected chi connectivity index (χ2v) is 6.90. The Morgan fingerprint density at radius 1 is 1.08 bits per heavy atom. The van der Waals surface area contributed by atoms with Crippen molar-refractivity contribution in [2.45, 2.75) is 39.5 Å². The monoisotopic (exact) mass is 349 g/mol. The van der Waals surface area contributed by atoms with E-state index in [2.05, 4.69) is 43.4 Å². The van der Waals surface area contributed by atoms with Crippen molar-refractivity contribution >= 4 is 22.6 Å². The number of benzene rings is 2. The fraction of sp³-hybridized carbons (Fsp3) is 0.273. The van der Waals surface area contributed by atoms with Crippen LogP contribution in [0.2, 0.25) is 0 Å². The zero-order valence-electron chi connectivity index (χ0n) is 15.3. The third kappa shape index (κ3) is 4.20. The molecule has 134 valence electrons. The van der Waals surface area contributed by atoms with Crippen LogP contribution in [0.5, 0.6) is 0 Å². The molecule has 0 atom stereocenters. The molecule has 0 saturated heterocycles. The maximum absolute atomic E-state index is 12.2. The van der Waals surface area contributed by atoms with Crippen LogP contribution in [0.4, 0.5) is 5.69 Å². The average Bonchev–Trinajstić information content (AvgIpc) is 2.60. The molecule has 4 nitrogen and oxygen atoms in total. The molecule has 1 heterocycles. The van der Waals surface area contributed by atoms with E-state index in [4.69, 9.17) is 4.42 Å². The predicted molar refractivity (Wildman–Crippen MR) is 105 cm³/mol. The van der Waals surface area contributed by atoms with Gasteiger partial charge in [-0.15, -0.1) is 0 Å². The van der Waals surface area contributed by atoms with E-state index in [0.717, 1.165) is 16.5 Å². The Balaban J connectivity index is 1.64. The fourth-order valence-electron chi connectivity index (χ4n) is 2.95. The van der Waals surface area contributed by atoms with E-state index in [0.29, 0.717) is 30.0 Å². The maximum Gasteiger partial charge on any atom is 0.336 e. The first kappa shape index (κ1) is 17.9. The number of amides is 1. The Kier molecular flexibility index (Phi) is 5.21. The van der Waals surface area contributed by atoms with Crippen LogP contribution in [0, 0.1) is 6.92 Å². The second-order valence-electron chi connectivity index (χ2n) is 6.90. The first-order valence-corrected chi connectivity index (χ1v) is 8.85. The summed E-state index contributed by atoms with van der Waals surface area (Å²) >= 11 is 0. The van der Waals surface area contributed by atoms with Gasteiger partial charge in [0.05, 0.1) is 0 Å². The Bertz CT molecular complexity index is 984. The number of anilines is 1. The van der Waals surface area contributed by atoms with Crippen LogP contribution in [0.1, 0.15) is 42.9 Å². The van der Waals surface area contributed by atoms with Gasteiger partial charge in [0.25, 0.3) is 0 Å². The lowest BCUT2D eigenvalue weighted by atomic mass is 10.0. The molecule has 1 N–H and O–H groups in total. The topological polar surface area (TPSA) is 59.3 Å². The highest BCUT2D eigenvalue weighted by Crippen LogP contribution is 2.21. The van der Waals surface area contributed by atoms with Gasteiger partial charge in [0.2, 0.25) is 5.91 Å². The minimum atomic E-state index is -0.386. The fourth-order valence-corrected chi connectivity index (χ4v) is 2.95. The van der Waals surface area contributed by atoms with Crippen LogP contribution in [-0.2, 0) is 11.2 Å². The molecule has 3 rings (SSSR count). The van der Waals surface area contributed by atoms with Crippen molar-refractivity contribution in [1.29, 1.82) is 0 Å². The molecule has 1 aromatic heterocycles. The summed E-state index contributed by atoms with van der Waals surface area (Å²) in [4.78, 5) is 23.7. The van der Waals surface area contributed by atoms with Crippen molar-refractivity contribution in [3.8, 4) is 0 Å². The van der Waals surface area contributed by atoms with Gasteiger partial charge in [0, 0.05) is 29.6 Å². The molecular weight excluding hydrogens is 326 g/mol. The van der Waals surface area contributed by atoms with E-state index in [-0.39, 0.29) is 11.5 Å². The summed E-state index contributed by atoms with van der Waals surface area (Å²) < 4.78 is 5.22. The van der Waals surface area contributed by atoms with Gasteiger partial charge in [-0.25, -0.2) is 4.79 Å². The van der Waals surface area contributed by atoms with Crippen LogP contribution in [0.15, 0.2) is 57.7 Å². The highest BCUT2D eigenvalue weighted by atomic mass is 16.4. The molecule has 0 unspecified atom stereocenters. The maximum atomic E-state index is 12.2. The lowest BCUT2D eigenvalue weighted by molar-refractivity contribution is -0.116. The van der Waals surface area contributed by atoms with E-state index >= 15 is 0 Å². The Morgan fingerprint density at radius 2 is 1.81 bits per heavy atom. The summed E-state index contributed by atoms with van der Waals surface area (Å²) in [5.41, 5.74) is 4.03. The number of fused-ring (bicyclic) bond motifs is 1. The van der Waals surface area contributed by atoms with Gasteiger partial charge in [0.1, 0.15) is 5.58 Å². The minimum Gasteiger partial charge on any atom is -0.423 e. The van der Waals surface area contributed by atoms with Crippen LogP contribution >= 0.6 is 0 Å². The molecule has 3 aromatic rings. The van der Waals surface area contributed by atoms with Gasteiger partial charge in [-0.3, -0.25) is 4.79 Å². The van der Waals surface area contributed by atoms with Crippen molar-refractivity contribution in [2.75, 3.05) is 5.32 Å². The first-order chi connectivity index (χ1) is 12.4. The third-order valence-corrected chi connectivity index (χ3v) is 4.52. The van der Waals surface area contributed by atoms with Crippen molar-refractivity contribution < 1.29 is 9.21 Å². The summed E-state index contributed by atoms with van der Waals surface area (Å²) in [7, 11) is 0. The summed E-state index contributed by atoms with van der Waals surface area (Å²) in [5, 5.41) is 3.74. The van der Waals surface area contributed by atoms with Crippen molar-refractivity contribution in [1.82, 2.24) is 0 Å². The summed E-state index contributed by atoms with van der Waals surface area (Å²) in [6.45, 7) is 6.19. The van der Waals surface area contributed by atoms with Gasteiger partial charge in [-0.2, -0.15) is 0 Å². The molecule has 2 aromatic carbocycles. The number of nitrogens with one attached hydrogen (secondary N) is 1. The number of aryl methyl sites for hydroxylation is 2. The number of hydrogen-bond acceptors (Lipinski definition) is 3. The van der Waals surface area contributed by atoms with Crippen LogP contribution in [-0.4, -0.2) is 5.91 Å². The highest BCUT2D eigenvalue weighted by molar-refractivity contribution is 5.93. The zero-order valence-corrected chi connectivity index (χ0v) is 15.3. The molecule has 0 aliphatic carbocycles. The molecule has 1 amide bonds. The largest absolute Gasteiger partial charge is 0.423 e. The predicted octanol–water partition coefficient (Wildman–Crippen LogP) is 4.80. The van der Waals surface area contributed by atoms with Gasteiger partial charge in [-0.05, 0) is 48.1 Å². The molecule has 4 heteroatoms. The summed E-state index contributed by atoms with van der Waals surface area (Å²) in [6, 6.07) is 15.2. The normalized spacial score (nSPS) is 11.1. The van der Waals surface area contributed by atoms with Crippen LogP contribution < -0.4 is 10.9 Å². The van der Waals surface area contributed by atoms with Crippen LogP contribution in [0.3, 0.4) is 0 Å². The van der Waals surface area contributed by atoms with E-state index in [1.807, 2.05) is 19.1 Å². The first-order valence-electron chi connectivity index (χ1n) is 8.85. The highest BCUT2D eigenvalue weighted by Gasteiger charge is 2.07. The number of rotatable bonds is 5. The molecule has 0 saturated carbocycles. The number of carbonyl (C=O) groups excluding carboxylic acids is 1.